The van der Waals surface area contributed by atoms with Gasteiger partial charge in [-0.3, -0.25) is 9.78 Å². The number of carbonyl (C=O) groups is 1. The third kappa shape index (κ3) is 7.91. The van der Waals surface area contributed by atoms with Crippen molar-refractivity contribution in [2.45, 2.75) is 46.7 Å². The lowest BCUT2D eigenvalue weighted by Gasteiger charge is -2.36. The summed E-state index contributed by atoms with van der Waals surface area (Å²) in [6.45, 7) is 8.88. The Morgan fingerprint density at radius 1 is 1.17 bits per heavy atom. The van der Waals surface area contributed by atoms with Crippen molar-refractivity contribution >= 4 is 5.91 Å². The van der Waals surface area contributed by atoms with Crippen LogP contribution in [-0.4, -0.2) is 29.0 Å². The lowest BCUT2D eigenvalue weighted by molar-refractivity contribution is -0.149. The van der Waals surface area contributed by atoms with E-state index in [4.69, 9.17) is 4.74 Å². The second-order valence-corrected chi connectivity index (χ2v) is 6.35. The van der Waals surface area contributed by atoms with Gasteiger partial charge in [0.25, 0.3) is 0 Å². The Hall–Kier alpha value is -2.79. The normalized spacial score (nSPS) is 16.1. The van der Waals surface area contributed by atoms with E-state index in [1.807, 2.05) is 74.3 Å². The van der Waals surface area contributed by atoms with Crippen molar-refractivity contribution in [2.75, 3.05) is 13.2 Å². The Morgan fingerprint density at radius 3 is 2.50 bits per heavy atom. The fourth-order valence-corrected chi connectivity index (χ4v) is 3.01. The molecule has 0 spiro atoms. The van der Waals surface area contributed by atoms with Crippen molar-refractivity contribution in [3.05, 3.63) is 90.0 Å². The quantitative estimate of drug-likeness (QED) is 0.582. The second-order valence-electron chi connectivity index (χ2n) is 6.35. The summed E-state index contributed by atoms with van der Waals surface area (Å²) in [5.74, 6) is 0.0240. The molecule has 30 heavy (non-hydrogen) atoms. The number of hydrogen-bond donors (Lipinski definition) is 0. The summed E-state index contributed by atoms with van der Waals surface area (Å²) in [5, 5.41) is 0. The average Bonchev–Trinajstić information content (AvgIpc) is 2.81. The molecule has 3 rings (SSSR count). The minimum absolute atomic E-state index is 0.0240. The van der Waals surface area contributed by atoms with Crippen molar-refractivity contribution in [3.8, 4) is 0 Å². The molecule has 1 aromatic heterocycles. The number of aromatic nitrogens is 1. The molecule has 1 aromatic carbocycles. The van der Waals surface area contributed by atoms with Gasteiger partial charge in [0.15, 0.2) is 0 Å². The summed E-state index contributed by atoms with van der Waals surface area (Å²) in [6, 6.07) is 12.0. The van der Waals surface area contributed by atoms with Gasteiger partial charge in [0.05, 0.1) is 19.0 Å². The van der Waals surface area contributed by atoms with Crippen molar-refractivity contribution in [1.82, 2.24) is 9.88 Å². The fourth-order valence-electron chi connectivity index (χ4n) is 3.01. The molecule has 1 fully saturated rings. The highest BCUT2D eigenvalue weighted by atomic mass is 19.1. The van der Waals surface area contributed by atoms with E-state index in [2.05, 4.69) is 11.1 Å². The van der Waals surface area contributed by atoms with E-state index in [1.165, 1.54) is 11.6 Å². The predicted molar refractivity (Wildman–Crippen MR) is 121 cm³/mol. The van der Waals surface area contributed by atoms with Crippen LogP contribution in [0.25, 0.3) is 0 Å². The van der Waals surface area contributed by atoms with Crippen molar-refractivity contribution in [2.24, 2.45) is 0 Å². The molecule has 0 bridgehead atoms. The highest BCUT2D eigenvalue weighted by Gasteiger charge is 2.31. The maximum absolute atomic E-state index is 12.5. The van der Waals surface area contributed by atoms with E-state index in [9.17, 15) is 9.18 Å². The molecule has 1 aliphatic heterocycles. The van der Waals surface area contributed by atoms with Crippen LogP contribution in [0.5, 0.6) is 0 Å². The van der Waals surface area contributed by atoms with Gasteiger partial charge in [-0.2, -0.15) is 0 Å². The zero-order chi connectivity index (χ0) is 22.2. The molecule has 1 amide bonds. The topological polar surface area (TPSA) is 42.4 Å². The first-order chi connectivity index (χ1) is 14.7. The first-order valence-corrected chi connectivity index (χ1v) is 10.4. The highest BCUT2D eigenvalue weighted by molar-refractivity contribution is 5.78. The molecule has 1 unspecified atom stereocenters. The smallest absolute Gasteiger partial charge is 0.249 e. The predicted octanol–water partition coefficient (Wildman–Crippen LogP) is 5.82. The highest BCUT2D eigenvalue weighted by Crippen LogP contribution is 2.29. The van der Waals surface area contributed by atoms with Gasteiger partial charge in [0, 0.05) is 18.9 Å². The SMILES string of the molecule is C/C=C/F.C/C=C\Cc1ccncc1C1COCC(=O)N1Cc1ccccc1.CC. The summed E-state index contributed by atoms with van der Waals surface area (Å²) in [6.07, 6.45) is 10.5. The number of rotatable bonds is 5. The Labute approximate surface area is 180 Å². The zero-order valence-electron chi connectivity index (χ0n) is 18.4. The molecule has 5 heteroatoms. The van der Waals surface area contributed by atoms with Crippen LogP contribution in [0.4, 0.5) is 4.39 Å². The minimum Gasteiger partial charge on any atom is -0.369 e. The monoisotopic (exact) mass is 412 g/mol. The van der Waals surface area contributed by atoms with Gasteiger partial charge in [-0.1, -0.05) is 62.4 Å². The number of amides is 1. The molecule has 0 aliphatic carbocycles. The van der Waals surface area contributed by atoms with Gasteiger partial charge in [0.1, 0.15) is 6.61 Å². The Bertz CT molecular complexity index is 787. The number of morpholine rings is 1. The Balaban J connectivity index is 0.000000673. The van der Waals surface area contributed by atoms with E-state index >= 15 is 0 Å². The van der Waals surface area contributed by atoms with E-state index in [0.29, 0.717) is 19.5 Å². The molecule has 2 aromatic rings. The van der Waals surface area contributed by atoms with E-state index < -0.39 is 0 Å². The number of benzene rings is 1. The van der Waals surface area contributed by atoms with Gasteiger partial charge in [-0.15, -0.1) is 0 Å². The van der Waals surface area contributed by atoms with E-state index in [-0.39, 0.29) is 18.6 Å². The van der Waals surface area contributed by atoms with Gasteiger partial charge in [-0.25, -0.2) is 4.39 Å². The minimum atomic E-state index is -0.0968. The van der Waals surface area contributed by atoms with Gasteiger partial charge < -0.3 is 9.64 Å². The molecular formula is C25H33FN2O2. The Morgan fingerprint density at radius 2 is 1.87 bits per heavy atom. The third-order valence-electron chi connectivity index (χ3n) is 4.40. The standard InChI is InChI=1S/C20H22N2O2.C3H5F.C2H6/c1-2-3-9-17-10-11-21-12-18(17)19-14-24-15-20(23)22(19)13-16-7-5-4-6-8-16;1-2-3-4;1-2/h2-8,10-12,19H,9,13-15H2,1H3;2-3H,1H3;1-2H3/b3-2-;3-2+;. The average molecular weight is 413 g/mol. The molecule has 4 nitrogen and oxygen atoms in total. The number of hydrogen-bond acceptors (Lipinski definition) is 3. The number of nitrogens with zero attached hydrogens (tertiary/aromatic N) is 2. The van der Waals surface area contributed by atoms with Crippen LogP contribution >= 0.6 is 0 Å². The number of halogens is 1. The number of allylic oxidation sites excluding steroid dienone is 3. The van der Waals surface area contributed by atoms with Crippen LogP contribution in [0.15, 0.2) is 73.3 Å². The summed E-state index contributed by atoms with van der Waals surface area (Å²) in [4.78, 5) is 18.7. The first kappa shape index (κ1) is 25.2. The summed E-state index contributed by atoms with van der Waals surface area (Å²) < 4.78 is 16.1. The molecule has 2 heterocycles. The summed E-state index contributed by atoms with van der Waals surface area (Å²) in [7, 11) is 0. The fraction of sp³-hybridized carbons (Fsp3) is 0.360. The molecule has 0 N–H and O–H groups in total. The molecule has 1 atom stereocenters. The zero-order valence-corrected chi connectivity index (χ0v) is 18.4. The van der Waals surface area contributed by atoms with Crippen molar-refractivity contribution < 1.29 is 13.9 Å². The Kier molecular flexibility index (Phi) is 12.7. The molecule has 1 aliphatic rings. The lowest BCUT2D eigenvalue weighted by atomic mass is 9.98. The van der Waals surface area contributed by atoms with Crippen molar-refractivity contribution in [1.29, 1.82) is 0 Å². The van der Waals surface area contributed by atoms with E-state index in [1.54, 1.807) is 13.1 Å². The van der Waals surface area contributed by atoms with Crippen LogP contribution in [0.3, 0.4) is 0 Å². The van der Waals surface area contributed by atoms with Gasteiger partial charge in [-0.05, 0) is 43.0 Å². The maximum Gasteiger partial charge on any atom is 0.249 e. The summed E-state index contributed by atoms with van der Waals surface area (Å²) >= 11 is 0. The van der Waals surface area contributed by atoms with Crippen LogP contribution in [0.2, 0.25) is 0 Å². The largest absolute Gasteiger partial charge is 0.369 e. The lowest BCUT2D eigenvalue weighted by Crippen LogP contribution is -2.44. The van der Waals surface area contributed by atoms with Crippen LogP contribution in [0, 0.1) is 0 Å². The van der Waals surface area contributed by atoms with Crippen LogP contribution in [0.1, 0.15) is 50.4 Å². The number of ether oxygens (including phenoxy) is 1. The second kappa shape index (κ2) is 15.1. The number of carbonyl (C=O) groups excluding carboxylic acids is 1. The molecular weight excluding hydrogens is 379 g/mol. The summed E-state index contributed by atoms with van der Waals surface area (Å²) in [5.41, 5.74) is 3.38. The van der Waals surface area contributed by atoms with Gasteiger partial charge in [0.2, 0.25) is 5.91 Å². The van der Waals surface area contributed by atoms with E-state index in [0.717, 1.165) is 17.5 Å². The number of pyridine rings is 1. The molecule has 0 radical (unpaired) electrons. The first-order valence-electron chi connectivity index (χ1n) is 10.4. The third-order valence-corrected chi connectivity index (χ3v) is 4.40. The molecule has 1 saturated heterocycles. The van der Waals surface area contributed by atoms with Crippen molar-refractivity contribution in [3.63, 3.8) is 0 Å². The maximum atomic E-state index is 12.5. The van der Waals surface area contributed by atoms with Crippen LogP contribution < -0.4 is 0 Å². The van der Waals surface area contributed by atoms with Crippen LogP contribution in [-0.2, 0) is 22.5 Å². The molecule has 0 saturated carbocycles. The van der Waals surface area contributed by atoms with Gasteiger partial charge >= 0.3 is 0 Å². The molecule has 162 valence electrons.